The summed E-state index contributed by atoms with van der Waals surface area (Å²) in [6.45, 7) is 4.41. The van der Waals surface area contributed by atoms with Gasteiger partial charge in [0, 0.05) is 5.56 Å². The van der Waals surface area contributed by atoms with Crippen LogP contribution in [0.1, 0.15) is 37.4 Å². The first-order valence-corrected chi connectivity index (χ1v) is 3.98. The van der Waals surface area contributed by atoms with Gasteiger partial charge in [0.1, 0.15) is 0 Å². The maximum atomic E-state index is 4.02. The van der Waals surface area contributed by atoms with Gasteiger partial charge in [0.25, 0.3) is 0 Å². The summed E-state index contributed by atoms with van der Waals surface area (Å²) in [5, 5.41) is 7.01. The van der Waals surface area contributed by atoms with Crippen LogP contribution in [-0.2, 0) is 0 Å². The van der Waals surface area contributed by atoms with Gasteiger partial charge in [0.15, 0.2) is 0 Å². The summed E-state index contributed by atoms with van der Waals surface area (Å²) in [5.74, 6) is 0.633. The molecule has 2 rings (SSSR count). The highest BCUT2D eigenvalue weighted by molar-refractivity contribution is 5.56. The Morgan fingerprint density at radius 2 is 2.45 bits per heavy atom. The van der Waals surface area contributed by atoms with Gasteiger partial charge < -0.3 is 0 Å². The highest BCUT2D eigenvalue weighted by atomic mass is 15.1. The summed E-state index contributed by atoms with van der Waals surface area (Å²) in [6.07, 6.45) is 5.29. The number of nitrogens with one attached hydrogen (secondary N) is 1. The lowest BCUT2D eigenvalue weighted by atomic mass is 9.89. The number of hydrogen-bond donors (Lipinski definition) is 1. The van der Waals surface area contributed by atoms with Crippen molar-refractivity contribution >= 4 is 6.08 Å². The Hall–Kier alpha value is -1.05. The Morgan fingerprint density at radius 3 is 3.27 bits per heavy atom. The maximum absolute atomic E-state index is 4.02. The molecule has 0 saturated carbocycles. The first-order chi connectivity index (χ1) is 5.27. The van der Waals surface area contributed by atoms with Gasteiger partial charge in [-0.3, -0.25) is 5.10 Å². The van der Waals surface area contributed by atoms with Crippen LogP contribution in [0.4, 0.5) is 0 Å². The minimum Gasteiger partial charge on any atom is -0.278 e. The van der Waals surface area contributed by atoms with E-state index in [0.717, 1.165) is 0 Å². The summed E-state index contributed by atoms with van der Waals surface area (Å²) in [4.78, 5) is 0. The smallest absolute Gasteiger partial charge is 0.0612 e. The van der Waals surface area contributed by atoms with E-state index < -0.39 is 0 Å². The van der Waals surface area contributed by atoms with E-state index in [9.17, 15) is 0 Å². The van der Waals surface area contributed by atoms with Crippen molar-refractivity contribution in [2.24, 2.45) is 0 Å². The lowest BCUT2D eigenvalue weighted by Gasteiger charge is -2.15. The summed E-state index contributed by atoms with van der Waals surface area (Å²) in [6, 6.07) is 0. The zero-order chi connectivity index (χ0) is 7.84. The summed E-state index contributed by atoms with van der Waals surface area (Å²) < 4.78 is 0. The highest BCUT2D eigenvalue weighted by Crippen LogP contribution is 2.31. The Bertz CT molecular complexity index is 296. The molecule has 1 N–H and O–H groups in total. The van der Waals surface area contributed by atoms with Crippen molar-refractivity contribution in [1.29, 1.82) is 0 Å². The van der Waals surface area contributed by atoms with Crippen LogP contribution in [0.2, 0.25) is 0 Å². The molecule has 0 saturated heterocycles. The van der Waals surface area contributed by atoms with E-state index in [1.165, 1.54) is 23.3 Å². The van der Waals surface area contributed by atoms with Crippen LogP contribution < -0.4 is 0 Å². The first kappa shape index (κ1) is 6.65. The number of H-pyrrole nitrogens is 1. The SMILES string of the molecule is CC1=Cc2[nH]ncc2C(C)C1. The fourth-order valence-corrected chi connectivity index (χ4v) is 1.71. The molecule has 1 heterocycles. The van der Waals surface area contributed by atoms with Gasteiger partial charge in [-0.25, -0.2) is 0 Å². The zero-order valence-electron chi connectivity index (χ0n) is 6.89. The molecule has 2 heteroatoms. The Labute approximate surface area is 66.3 Å². The molecule has 1 aliphatic carbocycles. The molecule has 1 aromatic heterocycles. The number of hydrogen-bond acceptors (Lipinski definition) is 1. The summed E-state index contributed by atoms with van der Waals surface area (Å²) in [5.41, 5.74) is 3.99. The fourth-order valence-electron chi connectivity index (χ4n) is 1.71. The third kappa shape index (κ3) is 0.985. The molecule has 11 heavy (non-hydrogen) atoms. The number of aromatic amines is 1. The lowest BCUT2D eigenvalue weighted by molar-refractivity contribution is 0.742. The van der Waals surface area contributed by atoms with E-state index in [1.807, 2.05) is 6.20 Å². The Morgan fingerprint density at radius 1 is 1.64 bits per heavy atom. The van der Waals surface area contributed by atoms with Gasteiger partial charge in [0.05, 0.1) is 11.9 Å². The quantitative estimate of drug-likeness (QED) is 0.601. The van der Waals surface area contributed by atoms with Crippen LogP contribution in [0.15, 0.2) is 11.8 Å². The minimum absolute atomic E-state index is 0.633. The van der Waals surface area contributed by atoms with E-state index in [2.05, 4.69) is 30.1 Å². The predicted octanol–water partition coefficient (Wildman–Crippen LogP) is 2.32. The molecule has 1 unspecified atom stereocenters. The van der Waals surface area contributed by atoms with Gasteiger partial charge >= 0.3 is 0 Å². The highest BCUT2D eigenvalue weighted by Gasteiger charge is 2.16. The molecule has 0 bridgehead atoms. The van der Waals surface area contributed by atoms with E-state index in [1.54, 1.807) is 0 Å². The van der Waals surface area contributed by atoms with E-state index in [-0.39, 0.29) is 0 Å². The molecule has 0 fully saturated rings. The molecule has 2 nitrogen and oxygen atoms in total. The van der Waals surface area contributed by atoms with E-state index in [0.29, 0.717) is 5.92 Å². The van der Waals surface area contributed by atoms with Crippen LogP contribution in [0.25, 0.3) is 6.08 Å². The monoisotopic (exact) mass is 148 g/mol. The van der Waals surface area contributed by atoms with Crippen molar-refractivity contribution in [3.63, 3.8) is 0 Å². The maximum Gasteiger partial charge on any atom is 0.0612 e. The van der Waals surface area contributed by atoms with Crippen LogP contribution >= 0.6 is 0 Å². The van der Waals surface area contributed by atoms with Crippen molar-refractivity contribution in [1.82, 2.24) is 10.2 Å². The molecule has 0 aromatic carbocycles. The third-order valence-electron chi connectivity index (χ3n) is 2.25. The lowest BCUT2D eigenvalue weighted by Crippen LogP contribution is -2.00. The number of aromatic nitrogens is 2. The number of rotatable bonds is 0. The number of allylic oxidation sites excluding steroid dienone is 1. The van der Waals surface area contributed by atoms with Gasteiger partial charge in [-0.1, -0.05) is 12.5 Å². The average Bonchev–Trinajstić information content (AvgIpc) is 2.34. The standard InChI is InChI=1S/C9H12N2/c1-6-3-7(2)8-5-10-11-9(8)4-6/h4-5,7H,3H2,1-2H3,(H,10,11). The van der Waals surface area contributed by atoms with Crippen molar-refractivity contribution in [2.45, 2.75) is 26.2 Å². The first-order valence-electron chi connectivity index (χ1n) is 3.98. The molecule has 1 aliphatic rings. The average molecular weight is 148 g/mol. The topological polar surface area (TPSA) is 28.7 Å². The second kappa shape index (κ2) is 2.22. The van der Waals surface area contributed by atoms with Crippen molar-refractivity contribution in [3.05, 3.63) is 23.0 Å². The van der Waals surface area contributed by atoms with Crippen molar-refractivity contribution in [2.75, 3.05) is 0 Å². The number of fused-ring (bicyclic) bond motifs is 1. The van der Waals surface area contributed by atoms with Crippen molar-refractivity contribution < 1.29 is 0 Å². The fraction of sp³-hybridized carbons (Fsp3) is 0.444. The molecular weight excluding hydrogens is 136 g/mol. The Kier molecular flexibility index (Phi) is 1.34. The minimum atomic E-state index is 0.633. The predicted molar refractivity (Wildman–Crippen MR) is 45.3 cm³/mol. The van der Waals surface area contributed by atoms with Crippen LogP contribution in [0, 0.1) is 0 Å². The van der Waals surface area contributed by atoms with E-state index >= 15 is 0 Å². The van der Waals surface area contributed by atoms with Crippen molar-refractivity contribution in [3.8, 4) is 0 Å². The molecule has 58 valence electrons. The van der Waals surface area contributed by atoms with E-state index in [4.69, 9.17) is 0 Å². The molecule has 0 aliphatic heterocycles. The van der Waals surface area contributed by atoms with Gasteiger partial charge in [-0.15, -0.1) is 0 Å². The normalized spacial score (nSPS) is 22.7. The Balaban J connectivity index is 2.51. The van der Waals surface area contributed by atoms with Crippen LogP contribution in [0.5, 0.6) is 0 Å². The van der Waals surface area contributed by atoms with Crippen LogP contribution in [0.3, 0.4) is 0 Å². The second-order valence-electron chi connectivity index (χ2n) is 3.33. The third-order valence-corrected chi connectivity index (χ3v) is 2.25. The molecule has 1 aromatic rings. The summed E-state index contributed by atoms with van der Waals surface area (Å²) >= 11 is 0. The van der Waals surface area contributed by atoms with Gasteiger partial charge in [-0.05, 0) is 25.3 Å². The largest absolute Gasteiger partial charge is 0.278 e. The number of nitrogens with zero attached hydrogens (tertiary/aromatic N) is 1. The molecular formula is C9H12N2. The van der Waals surface area contributed by atoms with Gasteiger partial charge in [0.2, 0.25) is 0 Å². The molecule has 0 amide bonds. The zero-order valence-corrected chi connectivity index (χ0v) is 6.89. The van der Waals surface area contributed by atoms with Gasteiger partial charge in [-0.2, -0.15) is 5.10 Å². The molecule has 0 spiro atoms. The molecule has 1 atom stereocenters. The second-order valence-corrected chi connectivity index (χ2v) is 3.33. The molecule has 0 radical (unpaired) electrons. The summed E-state index contributed by atoms with van der Waals surface area (Å²) in [7, 11) is 0. The van der Waals surface area contributed by atoms with Crippen LogP contribution in [-0.4, -0.2) is 10.2 Å².